The van der Waals surface area contributed by atoms with Crippen molar-refractivity contribution in [2.45, 2.75) is 12.5 Å². The van der Waals surface area contributed by atoms with Gasteiger partial charge in [-0.05, 0) is 12.1 Å². The number of hydrogen-bond donors (Lipinski definition) is 1. The predicted octanol–water partition coefficient (Wildman–Crippen LogP) is 3.84. The highest BCUT2D eigenvalue weighted by Gasteiger charge is 2.27. The Balaban J connectivity index is 0.00000200. The van der Waals surface area contributed by atoms with E-state index in [9.17, 15) is 4.39 Å². The van der Waals surface area contributed by atoms with Crippen LogP contribution in [0, 0.1) is 17.1 Å². The summed E-state index contributed by atoms with van der Waals surface area (Å²) in [6.45, 7) is 3.16. The van der Waals surface area contributed by atoms with Crippen LogP contribution in [0.15, 0.2) is 12.1 Å². The first-order valence-corrected chi connectivity index (χ1v) is 6.86. The first-order chi connectivity index (χ1) is 9.15. The molecule has 0 radical (unpaired) electrons. The smallest absolute Gasteiger partial charge is 0.148 e. The van der Waals surface area contributed by atoms with E-state index in [1.165, 1.54) is 6.07 Å². The second-order valence-electron chi connectivity index (χ2n) is 4.42. The van der Waals surface area contributed by atoms with Crippen LogP contribution in [0.1, 0.15) is 18.0 Å². The maximum atomic E-state index is 14.2. The molecule has 0 aliphatic carbocycles. The molecule has 1 saturated heterocycles. The molecule has 1 fully saturated rings. The predicted molar refractivity (Wildman–Crippen MR) is 88.3 cm³/mol. The quantitative estimate of drug-likeness (QED) is 0.817. The van der Waals surface area contributed by atoms with Gasteiger partial charge in [0.1, 0.15) is 5.82 Å². The fourth-order valence-electron chi connectivity index (χ4n) is 2.34. The van der Waals surface area contributed by atoms with Crippen LogP contribution < -0.4 is 5.32 Å². The van der Waals surface area contributed by atoms with E-state index in [2.05, 4.69) is 16.3 Å². The topological polar surface area (TPSA) is 39.1 Å². The molecule has 0 bridgehead atoms. The molecule has 1 aliphatic heterocycles. The van der Waals surface area contributed by atoms with E-state index in [4.69, 9.17) is 28.5 Å². The number of benzene rings is 1. The molecule has 1 aliphatic rings. The van der Waals surface area contributed by atoms with Crippen molar-refractivity contribution in [3.63, 3.8) is 0 Å². The van der Waals surface area contributed by atoms with E-state index in [0.717, 1.165) is 26.2 Å². The van der Waals surface area contributed by atoms with Crippen LogP contribution in [0.5, 0.6) is 0 Å². The van der Waals surface area contributed by atoms with E-state index >= 15 is 0 Å². The van der Waals surface area contributed by atoms with Gasteiger partial charge in [0.15, 0.2) is 0 Å². The lowest BCUT2D eigenvalue weighted by atomic mass is 10.0. The summed E-state index contributed by atoms with van der Waals surface area (Å²) in [6, 6.07) is 4.77. The van der Waals surface area contributed by atoms with Gasteiger partial charge in [-0.1, -0.05) is 23.2 Å². The van der Waals surface area contributed by atoms with Gasteiger partial charge in [0.25, 0.3) is 0 Å². The van der Waals surface area contributed by atoms with Gasteiger partial charge in [-0.3, -0.25) is 4.90 Å². The summed E-state index contributed by atoms with van der Waals surface area (Å²) in [5.41, 5.74) is 0.331. The molecule has 0 saturated carbocycles. The van der Waals surface area contributed by atoms with Crippen LogP contribution in [-0.2, 0) is 0 Å². The summed E-state index contributed by atoms with van der Waals surface area (Å²) < 4.78 is 14.2. The van der Waals surface area contributed by atoms with Crippen LogP contribution in [-0.4, -0.2) is 31.1 Å². The lowest BCUT2D eigenvalue weighted by Crippen LogP contribution is -2.45. The van der Waals surface area contributed by atoms with E-state index in [0.29, 0.717) is 10.6 Å². The standard InChI is InChI=1S/C13H14Cl2FN3.2ClH/c14-9-1-2-10(15)13(16)12(9)11(3-4-17)19-7-5-18-6-8-19;;/h1-2,11,18H,3,5-8H2;2*1H/t11-;;/m0../s1. The normalized spacial score (nSPS) is 16.3. The Morgan fingerprint density at radius 2 is 1.81 bits per heavy atom. The number of rotatable bonds is 3. The van der Waals surface area contributed by atoms with Crippen molar-refractivity contribution >= 4 is 48.0 Å². The third kappa shape index (κ3) is 4.85. The van der Waals surface area contributed by atoms with E-state index in [1.54, 1.807) is 6.07 Å². The largest absolute Gasteiger partial charge is 0.314 e. The minimum absolute atomic E-state index is 0. The number of piperazine rings is 1. The molecule has 118 valence electrons. The minimum atomic E-state index is -0.520. The Hall–Kier alpha value is -0.280. The van der Waals surface area contributed by atoms with Crippen molar-refractivity contribution in [3.8, 4) is 6.07 Å². The van der Waals surface area contributed by atoms with Crippen molar-refractivity contribution in [1.82, 2.24) is 10.2 Å². The average molecular weight is 375 g/mol. The van der Waals surface area contributed by atoms with Gasteiger partial charge in [0.2, 0.25) is 0 Å². The molecular formula is C13H16Cl4FN3. The lowest BCUT2D eigenvalue weighted by molar-refractivity contribution is 0.172. The molecule has 0 aromatic heterocycles. The zero-order valence-corrected chi connectivity index (χ0v) is 14.3. The molecule has 1 atom stereocenters. The maximum absolute atomic E-state index is 14.2. The number of hydrogen-bond acceptors (Lipinski definition) is 3. The molecule has 21 heavy (non-hydrogen) atoms. The summed E-state index contributed by atoms with van der Waals surface area (Å²) in [4.78, 5) is 2.07. The molecule has 8 heteroatoms. The van der Waals surface area contributed by atoms with Gasteiger partial charge in [-0.2, -0.15) is 5.26 Å². The molecule has 0 unspecified atom stereocenters. The van der Waals surface area contributed by atoms with E-state index < -0.39 is 5.82 Å². The summed E-state index contributed by atoms with van der Waals surface area (Å²) >= 11 is 11.9. The van der Waals surface area contributed by atoms with Gasteiger partial charge < -0.3 is 5.32 Å². The minimum Gasteiger partial charge on any atom is -0.314 e. The SMILES string of the molecule is Cl.Cl.N#CC[C@@H](c1c(Cl)ccc(Cl)c1F)N1CCNCC1. The first-order valence-electron chi connectivity index (χ1n) is 6.10. The summed E-state index contributed by atoms with van der Waals surface area (Å²) in [5.74, 6) is -0.520. The van der Waals surface area contributed by atoms with Gasteiger partial charge in [-0.15, -0.1) is 24.8 Å². The molecule has 1 aromatic rings. The Morgan fingerprint density at radius 3 is 2.38 bits per heavy atom. The number of halogens is 5. The third-order valence-electron chi connectivity index (χ3n) is 3.29. The van der Waals surface area contributed by atoms with Crippen molar-refractivity contribution in [2.75, 3.05) is 26.2 Å². The summed E-state index contributed by atoms with van der Waals surface area (Å²) in [6.07, 6.45) is 0.191. The summed E-state index contributed by atoms with van der Waals surface area (Å²) in [5, 5.41) is 12.6. The fourth-order valence-corrected chi connectivity index (χ4v) is 2.78. The Morgan fingerprint density at radius 1 is 1.24 bits per heavy atom. The Kier molecular flexibility index (Phi) is 9.55. The van der Waals surface area contributed by atoms with E-state index in [-0.39, 0.29) is 42.3 Å². The molecule has 0 amide bonds. The van der Waals surface area contributed by atoms with Crippen molar-refractivity contribution in [3.05, 3.63) is 33.6 Å². The van der Waals surface area contributed by atoms with Gasteiger partial charge >= 0.3 is 0 Å². The molecule has 2 rings (SSSR count). The van der Waals surface area contributed by atoms with Crippen LogP contribution >= 0.6 is 48.0 Å². The number of nitriles is 1. The molecule has 1 N–H and O–H groups in total. The molecule has 3 nitrogen and oxygen atoms in total. The number of nitrogens with one attached hydrogen (secondary N) is 1. The third-order valence-corrected chi connectivity index (χ3v) is 3.91. The highest BCUT2D eigenvalue weighted by molar-refractivity contribution is 6.33. The first kappa shape index (κ1) is 20.7. The average Bonchev–Trinajstić information content (AvgIpc) is 2.43. The molecule has 1 heterocycles. The molecule has 0 spiro atoms. The summed E-state index contributed by atoms with van der Waals surface area (Å²) in [7, 11) is 0. The zero-order valence-electron chi connectivity index (χ0n) is 11.1. The Bertz CT molecular complexity index is 501. The maximum Gasteiger partial charge on any atom is 0.148 e. The van der Waals surface area contributed by atoms with Gasteiger partial charge in [-0.25, -0.2) is 4.39 Å². The number of nitrogens with zero attached hydrogens (tertiary/aromatic N) is 2. The second-order valence-corrected chi connectivity index (χ2v) is 5.24. The van der Waals surface area contributed by atoms with Crippen molar-refractivity contribution in [1.29, 1.82) is 5.26 Å². The van der Waals surface area contributed by atoms with E-state index in [1.807, 2.05) is 0 Å². The van der Waals surface area contributed by atoms with Gasteiger partial charge in [0.05, 0.1) is 23.6 Å². The lowest BCUT2D eigenvalue weighted by Gasteiger charge is -2.34. The monoisotopic (exact) mass is 373 g/mol. The Labute approximate surface area is 146 Å². The van der Waals surface area contributed by atoms with Crippen molar-refractivity contribution < 1.29 is 4.39 Å². The van der Waals surface area contributed by atoms with Crippen LogP contribution in [0.3, 0.4) is 0 Å². The zero-order chi connectivity index (χ0) is 13.8. The fraction of sp³-hybridized carbons (Fsp3) is 0.462. The second kappa shape index (κ2) is 9.68. The van der Waals surface area contributed by atoms with Crippen LogP contribution in [0.2, 0.25) is 10.0 Å². The molecular weight excluding hydrogens is 359 g/mol. The van der Waals surface area contributed by atoms with Crippen LogP contribution in [0.25, 0.3) is 0 Å². The highest BCUT2D eigenvalue weighted by Crippen LogP contribution is 2.35. The molecule has 1 aromatic carbocycles. The van der Waals surface area contributed by atoms with Crippen molar-refractivity contribution in [2.24, 2.45) is 0 Å². The van der Waals surface area contributed by atoms with Gasteiger partial charge in [0, 0.05) is 36.8 Å². The van der Waals surface area contributed by atoms with Crippen LogP contribution in [0.4, 0.5) is 4.39 Å². The highest BCUT2D eigenvalue weighted by atomic mass is 35.5.